The zero-order valence-corrected chi connectivity index (χ0v) is 15.0. The monoisotopic (exact) mass is 368 g/mol. The Balaban J connectivity index is 2.07. The average Bonchev–Trinajstić information content (AvgIpc) is 2.80. The van der Waals surface area contributed by atoms with E-state index in [1.54, 1.807) is 6.07 Å². The molecule has 0 saturated carbocycles. The van der Waals surface area contributed by atoms with E-state index in [2.05, 4.69) is 16.3 Å². The van der Waals surface area contributed by atoms with Crippen LogP contribution >= 0.6 is 34.8 Å². The Bertz CT molecular complexity index is 667. The van der Waals surface area contributed by atoms with Gasteiger partial charge >= 0.3 is 0 Å². The summed E-state index contributed by atoms with van der Waals surface area (Å²) in [5.41, 5.74) is 2.13. The van der Waals surface area contributed by atoms with Gasteiger partial charge in [-0.25, -0.2) is 0 Å². The Morgan fingerprint density at radius 3 is 2.43 bits per heavy atom. The van der Waals surface area contributed by atoms with Crippen LogP contribution in [0.4, 0.5) is 0 Å². The zero-order chi connectivity index (χ0) is 16.2. The highest BCUT2D eigenvalue weighted by atomic mass is 35.5. The first-order chi connectivity index (χ1) is 11.2. The van der Waals surface area contributed by atoms with Gasteiger partial charge in [-0.2, -0.15) is 0 Å². The van der Waals surface area contributed by atoms with Crippen molar-refractivity contribution < 1.29 is 0 Å². The van der Waals surface area contributed by atoms with Crippen molar-refractivity contribution in [3.8, 4) is 0 Å². The van der Waals surface area contributed by atoms with Crippen molar-refractivity contribution in [2.75, 3.05) is 26.2 Å². The molecule has 1 aliphatic rings. The van der Waals surface area contributed by atoms with Crippen LogP contribution in [0, 0.1) is 0 Å². The van der Waals surface area contributed by atoms with Crippen LogP contribution in [0.15, 0.2) is 42.5 Å². The molecule has 1 unspecified atom stereocenters. The SMILES string of the molecule is Clc1ccc(C(c2ccccc2Cl)N2CCCNCC2)c(Cl)c1. The summed E-state index contributed by atoms with van der Waals surface area (Å²) in [6, 6.07) is 13.7. The highest BCUT2D eigenvalue weighted by Crippen LogP contribution is 2.37. The predicted octanol–water partition coefficient (Wildman–Crippen LogP) is 5.03. The molecule has 1 heterocycles. The van der Waals surface area contributed by atoms with Crippen molar-refractivity contribution in [2.24, 2.45) is 0 Å². The number of nitrogens with one attached hydrogen (secondary N) is 1. The maximum atomic E-state index is 6.52. The molecular formula is C18H19Cl3N2. The number of halogens is 3. The van der Waals surface area contributed by atoms with E-state index in [9.17, 15) is 0 Å². The molecule has 1 saturated heterocycles. The molecule has 5 heteroatoms. The molecule has 122 valence electrons. The predicted molar refractivity (Wildman–Crippen MR) is 98.8 cm³/mol. The molecule has 23 heavy (non-hydrogen) atoms. The summed E-state index contributed by atoms with van der Waals surface area (Å²) in [5.74, 6) is 0. The maximum Gasteiger partial charge on any atom is 0.0631 e. The second-order valence-electron chi connectivity index (χ2n) is 5.73. The molecule has 0 spiro atoms. The molecule has 0 radical (unpaired) electrons. The van der Waals surface area contributed by atoms with Crippen molar-refractivity contribution in [1.29, 1.82) is 0 Å². The average molecular weight is 370 g/mol. The molecule has 3 rings (SSSR count). The number of rotatable bonds is 3. The summed E-state index contributed by atoms with van der Waals surface area (Å²) >= 11 is 19.1. The van der Waals surface area contributed by atoms with Gasteiger partial charge in [-0.1, -0.05) is 59.1 Å². The first-order valence-electron chi connectivity index (χ1n) is 7.81. The van der Waals surface area contributed by atoms with Crippen LogP contribution in [0.25, 0.3) is 0 Å². The normalized spacial score (nSPS) is 17.7. The van der Waals surface area contributed by atoms with Crippen LogP contribution in [-0.2, 0) is 0 Å². The second kappa shape index (κ2) is 7.87. The molecule has 1 fully saturated rings. The minimum absolute atomic E-state index is 0.0355. The van der Waals surface area contributed by atoms with Crippen LogP contribution in [0.2, 0.25) is 15.1 Å². The molecular weight excluding hydrogens is 351 g/mol. The maximum absolute atomic E-state index is 6.52. The van der Waals surface area contributed by atoms with Gasteiger partial charge in [0.2, 0.25) is 0 Å². The molecule has 1 N–H and O–H groups in total. The summed E-state index contributed by atoms with van der Waals surface area (Å²) in [5, 5.41) is 5.54. The minimum atomic E-state index is 0.0355. The van der Waals surface area contributed by atoms with Crippen LogP contribution < -0.4 is 5.32 Å². The van der Waals surface area contributed by atoms with Crippen molar-refractivity contribution in [1.82, 2.24) is 10.2 Å². The van der Waals surface area contributed by atoms with Crippen molar-refractivity contribution in [3.63, 3.8) is 0 Å². The fourth-order valence-electron chi connectivity index (χ4n) is 3.11. The lowest BCUT2D eigenvalue weighted by atomic mass is 9.96. The molecule has 0 bridgehead atoms. The molecule has 0 aromatic heterocycles. The van der Waals surface area contributed by atoms with Gasteiger partial charge in [-0.3, -0.25) is 4.90 Å². The van der Waals surface area contributed by atoms with E-state index < -0.39 is 0 Å². The lowest BCUT2D eigenvalue weighted by Gasteiger charge is -2.32. The van der Waals surface area contributed by atoms with Gasteiger partial charge in [0.1, 0.15) is 0 Å². The third-order valence-corrected chi connectivity index (χ3v) is 5.10. The molecule has 0 aliphatic carbocycles. The number of benzene rings is 2. The first kappa shape index (κ1) is 17.1. The summed E-state index contributed by atoms with van der Waals surface area (Å²) in [6.45, 7) is 3.96. The summed E-state index contributed by atoms with van der Waals surface area (Å²) in [6.07, 6.45) is 1.10. The van der Waals surface area contributed by atoms with E-state index in [1.165, 1.54) is 0 Å². The Kier molecular flexibility index (Phi) is 5.84. The molecule has 1 aliphatic heterocycles. The van der Waals surface area contributed by atoms with E-state index in [0.717, 1.165) is 48.7 Å². The summed E-state index contributed by atoms with van der Waals surface area (Å²) < 4.78 is 0. The molecule has 2 nitrogen and oxygen atoms in total. The zero-order valence-electron chi connectivity index (χ0n) is 12.7. The molecule has 2 aromatic rings. The van der Waals surface area contributed by atoms with Gasteiger partial charge in [-0.05, 0) is 42.3 Å². The largest absolute Gasteiger partial charge is 0.315 e. The minimum Gasteiger partial charge on any atom is -0.315 e. The molecule has 1 atom stereocenters. The van der Waals surface area contributed by atoms with Gasteiger partial charge in [0.25, 0.3) is 0 Å². The van der Waals surface area contributed by atoms with Gasteiger partial charge in [0, 0.05) is 34.7 Å². The quantitative estimate of drug-likeness (QED) is 0.816. The molecule has 0 amide bonds. The van der Waals surface area contributed by atoms with E-state index in [1.807, 2.05) is 30.3 Å². The van der Waals surface area contributed by atoms with Crippen LogP contribution in [0.3, 0.4) is 0 Å². The van der Waals surface area contributed by atoms with Gasteiger partial charge in [0.05, 0.1) is 6.04 Å². The van der Waals surface area contributed by atoms with Crippen molar-refractivity contribution in [2.45, 2.75) is 12.5 Å². The number of hydrogen-bond acceptors (Lipinski definition) is 2. The van der Waals surface area contributed by atoms with Crippen LogP contribution in [-0.4, -0.2) is 31.1 Å². The highest BCUT2D eigenvalue weighted by molar-refractivity contribution is 6.35. The smallest absolute Gasteiger partial charge is 0.0631 e. The van der Waals surface area contributed by atoms with E-state index in [4.69, 9.17) is 34.8 Å². The van der Waals surface area contributed by atoms with Crippen LogP contribution in [0.5, 0.6) is 0 Å². The second-order valence-corrected chi connectivity index (χ2v) is 6.98. The lowest BCUT2D eigenvalue weighted by molar-refractivity contribution is 0.241. The Hall–Kier alpha value is -0.770. The van der Waals surface area contributed by atoms with Gasteiger partial charge in [-0.15, -0.1) is 0 Å². The van der Waals surface area contributed by atoms with E-state index >= 15 is 0 Å². The number of nitrogens with zero attached hydrogens (tertiary/aromatic N) is 1. The Morgan fingerprint density at radius 1 is 0.870 bits per heavy atom. The third kappa shape index (κ3) is 4.01. The topological polar surface area (TPSA) is 15.3 Å². The highest BCUT2D eigenvalue weighted by Gasteiger charge is 2.26. The Morgan fingerprint density at radius 2 is 1.65 bits per heavy atom. The van der Waals surface area contributed by atoms with Crippen LogP contribution in [0.1, 0.15) is 23.6 Å². The number of hydrogen-bond donors (Lipinski definition) is 1. The fraction of sp³-hybridized carbons (Fsp3) is 0.333. The fourth-order valence-corrected chi connectivity index (χ4v) is 3.86. The van der Waals surface area contributed by atoms with Crippen molar-refractivity contribution >= 4 is 34.8 Å². The van der Waals surface area contributed by atoms with E-state index in [-0.39, 0.29) is 6.04 Å². The first-order valence-corrected chi connectivity index (χ1v) is 8.94. The molecule has 2 aromatic carbocycles. The van der Waals surface area contributed by atoms with Crippen molar-refractivity contribution in [3.05, 3.63) is 68.7 Å². The third-order valence-electron chi connectivity index (χ3n) is 4.20. The van der Waals surface area contributed by atoms with E-state index in [0.29, 0.717) is 10.0 Å². The summed E-state index contributed by atoms with van der Waals surface area (Å²) in [7, 11) is 0. The Labute approximate surface area is 152 Å². The summed E-state index contributed by atoms with van der Waals surface area (Å²) in [4.78, 5) is 2.44. The standard InChI is InChI=1S/C18H19Cl3N2/c19-13-6-7-15(17(21)12-13)18(14-4-1-2-5-16(14)20)23-10-3-8-22-9-11-23/h1-2,4-7,12,18,22H,3,8-11H2. The lowest BCUT2D eigenvalue weighted by Crippen LogP contribution is -2.33. The van der Waals surface area contributed by atoms with Gasteiger partial charge in [0.15, 0.2) is 0 Å². The van der Waals surface area contributed by atoms with Gasteiger partial charge < -0.3 is 5.32 Å².